The van der Waals surface area contributed by atoms with Crippen LogP contribution in [0.25, 0.3) is 0 Å². The van der Waals surface area contributed by atoms with Crippen LogP contribution in [0.5, 0.6) is 0 Å². The first-order valence-corrected chi connectivity index (χ1v) is 11.5. The van der Waals surface area contributed by atoms with Crippen LogP contribution in [0, 0.1) is 0 Å². The summed E-state index contributed by atoms with van der Waals surface area (Å²) in [4.78, 5) is 6.82. The molecule has 28 heavy (non-hydrogen) atoms. The molecule has 0 amide bonds. The van der Waals surface area contributed by atoms with Crippen molar-refractivity contribution in [2.45, 2.75) is 6.04 Å². The largest absolute Gasteiger partial charge is 0.378 e. The second kappa shape index (κ2) is 8.94. The van der Waals surface area contributed by atoms with Gasteiger partial charge in [-0.1, -0.05) is 30.3 Å². The smallest absolute Gasteiger partial charge is 0.208 e. The van der Waals surface area contributed by atoms with Crippen molar-refractivity contribution in [3.8, 4) is 0 Å². The minimum atomic E-state index is -3.24. The highest BCUT2D eigenvalue weighted by molar-refractivity contribution is 7.88. The van der Waals surface area contributed by atoms with Crippen molar-refractivity contribution < 1.29 is 8.42 Å². The second-order valence-corrected chi connectivity index (χ2v) is 9.31. The minimum Gasteiger partial charge on any atom is -0.378 e. The molecule has 2 aromatic rings. The zero-order valence-electron chi connectivity index (χ0n) is 16.9. The SMILES string of the molecule is CN(C)c1ccc([C@@H](CNS(C)(=O)=O)N2CCN(c3ccccc3)CC2)cc1. The number of para-hydroxylation sites is 1. The van der Waals surface area contributed by atoms with Crippen molar-refractivity contribution in [2.24, 2.45) is 0 Å². The van der Waals surface area contributed by atoms with Crippen molar-refractivity contribution in [1.29, 1.82) is 0 Å². The van der Waals surface area contributed by atoms with E-state index in [9.17, 15) is 8.42 Å². The quantitative estimate of drug-likeness (QED) is 0.769. The number of nitrogens with one attached hydrogen (secondary N) is 1. The Balaban J connectivity index is 1.73. The van der Waals surface area contributed by atoms with Crippen molar-refractivity contribution in [3.63, 3.8) is 0 Å². The van der Waals surface area contributed by atoms with Crippen LogP contribution < -0.4 is 14.5 Å². The molecule has 1 atom stereocenters. The molecule has 3 rings (SSSR count). The summed E-state index contributed by atoms with van der Waals surface area (Å²) in [6.07, 6.45) is 1.21. The molecule has 0 spiro atoms. The van der Waals surface area contributed by atoms with E-state index in [2.05, 4.69) is 68.0 Å². The average molecular weight is 403 g/mol. The normalized spacial score (nSPS) is 16.8. The van der Waals surface area contributed by atoms with E-state index >= 15 is 0 Å². The number of benzene rings is 2. The van der Waals surface area contributed by atoms with E-state index in [0.29, 0.717) is 6.54 Å². The number of rotatable bonds is 7. The predicted molar refractivity (Wildman–Crippen MR) is 117 cm³/mol. The van der Waals surface area contributed by atoms with Gasteiger partial charge >= 0.3 is 0 Å². The van der Waals surface area contributed by atoms with E-state index in [0.717, 1.165) is 37.4 Å². The lowest BCUT2D eigenvalue weighted by molar-refractivity contribution is 0.187. The molecule has 2 aromatic carbocycles. The summed E-state index contributed by atoms with van der Waals surface area (Å²) in [5.41, 5.74) is 3.51. The van der Waals surface area contributed by atoms with Gasteiger partial charge in [-0.3, -0.25) is 4.90 Å². The third-order valence-corrected chi connectivity index (χ3v) is 5.90. The number of nitrogens with zero attached hydrogens (tertiary/aromatic N) is 3. The number of hydrogen-bond acceptors (Lipinski definition) is 5. The molecular formula is C21H30N4O2S. The Morgan fingerprint density at radius 1 is 0.964 bits per heavy atom. The molecule has 0 saturated carbocycles. The van der Waals surface area contributed by atoms with E-state index in [1.165, 1.54) is 11.9 Å². The molecule has 0 bridgehead atoms. The summed E-state index contributed by atoms with van der Waals surface area (Å²) in [5.74, 6) is 0. The maximum absolute atomic E-state index is 11.7. The molecule has 152 valence electrons. The fourth-order valence-electron chi connectivity index (χ4n) is 3.61. The van der Waals surface area contributed by atoms with Gasteiger partial charge in [-0.15, -0.1) is 0 Å². The second-order valence-electron chi connectivity index (χ2n) is 7.48. The molecule has 1 aliphatic heterocycles. The number of piperazine rings is 1. The van der Waals surface area contributed by atoms with Crippen LogP contribution in [0.2, 0.25) is 0 Å². The Hall–Kier alpha value is -2.09. The zero-order chi connectivity index (χ0) is 20.1. The first-order valence-electron chi connectivity index (χ1n) is 9.59. The standard InChI is InChI=1S/C21H30N4O2S/c1-23(2)19-11-9-18(10-12-19)21(17-22-28(3,26)27)25-15-13-24(14-16-25)20-7-5-4-6-8-20/h4-12,21-22H,13-17H2,1-3H3/t21-/m1/s1. The maximum atomic E-state index is 11.7. The summed E-state index contributed by atoms with van der Waals surface area (Å²) in [7, 11) is 0.792. The van der Waals surface area contributed by atoms with Crippen LogP contribution in [0.1, 0.15) is 11.6 Å². The third-order valence-electron chi connectivity index (χ3n) is 5.21. The summed E-state index contributed by atoms with van der Waals surface area (Å²) in [6.45, 7) is 4.01. The van der Waals surface area contributed by atoms with E-state index in [1.807, 2.05) is 20.2 Å². The van der Waals surface area contributed by atoms with Gasteiger partial charge in [0.2, 0.25) is 10.0 Å². The lowest BCUT2D eigenvalue weighted by Crippen LogP contribution is -2.49. The highest BCUT2D eigenvalue weighted by Crippen LogP contribution is 2.25. The lowest BCUT2D eigenvalue weighted by Gasteiger charge is -2.40. The van der Waals surface area contributed by atoms with Gasteiger partial charge in [-0.2, -0.15) is 0 Å². The number of anilines is 2. The van der Waals surface area contributed by atoms with Gasteiger partial charge in [0.25, 0.3) is 0 Å². The van der Waals surface area contributed by atoms with E-state index in [-0.39, 0.29) is 6.04 Å². The lowest BCUT2D eigenvalue weighted by atomic mass is 10.0. The van der Waals surface area contributed by atoms with Crippen molar-refractivity contribution in [3.05, 3.63) is 60.2 Å². The molecule has 7 heteroatoms. The van der Waals surface area contributed by atoms with Gasteiger partial charge in [0.15, 0.2) is 0 Å². The molecule has 1 aliphatic rings. The molecule has 6 nitrogen and oxygen atoms in total. The molecular weight excluding hydrogens is 372 g/mol. The van der Waals surface area contributed by atoms with Gasteiger partial charge in [0.05, 0.1) is 6.26 Å². The molecule has 1 fully saturated rings. The summed E-state index contributed by atoms with van der Waals surface area (Å²) in [5, 5.41) is 0. The van der Waals surface area contributed by atoms with E-state index < -0.39 is 10.0 Å². The molecule has 0 aliphatic carbocycles. The summed E-state index contributed by atoms with van der Waals surface area (Å²) >= 11 is 0. The summed E-state index contributed by atoms with van der Waals surface area (Å²) < 4.78 is 26.1. The minimum absolute atomic E-state index is 0.0175. The van der Waals surface area contributed by atoms with Crippen LogP contribution in [0.4, 0.5) is 11.4 Å². The fraction of sp³-hybridized carbons (Fsp3) is 0.429. The van der Waals surface area contributed by atoms with Crippen LogP contribution in [-0.2, 0) is 10.0 Å². The Kier molecular flexibility index (Phi) is 6.59. The Labute approximate surface area is 168 Å². The highest BCUT2D eigenvalue weighted by atomic mass is 32.2. The third kappa shape index (κ3) is 5.47. The molecule has 1 heterocycles. The van der Waals surface area contributed by atoms with E-state index in [4.69, 9.17) is 0 Å². The Bertz CT molecular complexity index is 846. The van der Waals surface area contributed by atoms with Crippen LogP contribution in [0.3, 0.4) is 0 Å². The first-order chi connectivity index (χ1) is 13.3. The molecule has 0 aromatic heterocycles. The van der Waals surface area contributed by atoms with Crippen LogP contribution in [-0.4, -0.2) is 66.4 Å². The molecule has 0 radical (unpaired) electrons. The van der Waals surface area contributed by atoms with Crippen molar-refractivity contribution in [1.82, 2.24) is 9.62 Å². The zero-order valence-corrected chi connectivity index (χ0v) is 17.7. The molecule has 1 saturated heterocycles. The molecule has 0 unspecified atom stereocenters. The van der Waals surface area contributed by atoms with Gasteiger partial charge in [-0.25, -0.2) is 13.1 Å². The van der Waals surface area contributed by atoms with Gasteiger partial charge in [0.1, 0.15) is 0 Å². The Morgan fingerprint density at radius 2 is 1.57 bits per heavy atom. The van der Waals surface area contributed by atoms with Crippen LogP contribution in [0.15, 0.2) is 54.6 Å². The topological polar surface area (TPSA) is 55.9 Å². The highest BCUT2D eigenvalue weighted by Gasteiger charge is 2.26. The average Bonchev–Trinajstić information content (AvgIpc) is 2.69. The van der Waals surface area contributed by atoms with Crippen molar-refractivity contribution in [2.75, 3.05) is 62.9 Å². The Morgan fingerprint density at radius 3 is 2.11 bits per heavy atom. The van der Waals surface area contributed by atoms with Crippen molar-refractivity contribution >= 4 is 21.4 Å². The monoisotopic (exact) mass is 402 g/mol. The summed E-state index contributed by atoms with van der Waals surface area (Å²) in [6, 6.07) is 18.8. The van der Waals surface area contributed by atoms with Gasteiger partial charge in [0, 0.05) is 64.2 Å². The van der Waals surface area contributed by atoms with Gasteiger partial charge < -0.3 is 9.80 Å². The molecule has 1 N–H and O–H groups in total. The van der Waals surface area contributed by atoms with Crippen LogP contribution >= 0.6 is 0 Å². The first kappa shape index (κ1) is 20.6. The fourth-order valence-corrected chi connectivity index (χ4v) is 4.07. The predicted octanol–water partition coefficient (Wildman–Crippen LogP) is 2.17. The van der Waals surface area contributed by atoms with Gasteiger partial charge in [-0.05, 0) is 29.8 Å². The number of sulfonamides is 1. The number of hydrogen-bond donors (Lipinski definition) is 1. The van der Waals surface area contributed by atoms with E-state index in [1.54, 1.807) is 0 Å². The maximum Gasteiger partial charge on any atom is 0.208 e.